The molecule has 0 bridgehead atoms. The molecule has 1 atom stereocenters. The molecule has 0 aliphatic carbocycles. The van der Waals surface area contributed by atoms with E-state index >= 15 is 0 Å². The minimum absolute atomic E-state index is 0.0505. The van der Waals surface area contributed by atoms with Crippen LogP contribution >= 0.6 is 23.4 Å². The van der Waals surface area contributed by atoms with E-state index in [1.165, 1.54) is 11.8 Å². The maximum absolute atomic E-state index is 11.9. The first-order chi connectivity index (χ1) is 11.7. The monoisotopic (exact) mass is 399 g/mol. The Morgan fingerprint density at radius 1 is 1.24 bits per heavy atom. The minimum Gasteiger partial charge on any atom is -0.480 e. The van der Waals surface area contributed by atoms with E-state index < -0.39 is 21.8 Å². The Morgan fingerprint density at radius 2 is 1.88 bits per heavy atom. The maximum atomic E-state index is 11.9. The van der Waals surface area contributed by atoms with Gasteiger partial charge in [-0.05, 0) is 49.4 Å². The molecule has 25 heavy (non-hydrogen) atoms. The van der Waals surface area contributed by atoms with E-state index in [-0.39, 0.29) is 10.6 Å². The number of anilines is 1. The van der Waals surface area contributed by atoms with Crippen LogP contribution in [0.4, 0.5) is 5.69 Å². The maximum Gasteiger partial charge on any atom is 0.325 e. The van der Waals surface area contributed by atoms with Crippen molar-refractivity contribution in [3.05, 3.63) is 47.5 Å². The van der Waals surface area contributed by atoms with Crippen molar-refractivity contribution in [1.82, 2.24) is 0 Å². The van der Waals surface area contributed by atoms with Gasteiger partial charge in [0.2, 0.25) is 0 Å². The molecular weight excluding hydrogens is 382 g/mol. The van der Waals surface area contributed by atoms with Crippen molar-refractivity contribution in [1.29, 1.82) is 0 Å². The van der Waals surface area contributed by atoms with Crippen LogP contribution in [0.1, 0.15) is 13.8 Å². The van der Waals surface area contributed by atoms with E-state index in [2.05, 4.69) is 5.32 Å². The molecule has 0 saturated heterocycles. The molecule has 0 radical (unpaired) electrons. The van der Waals surface area contributed by atoms with Crippen LogP contribution in [-0.2, 0) is 14.6 Å². The highest BCUT2D eigenvalue weighted by atomic mass is 35.5. The lowest BCUT2D eigenvalue weighted by Crippen LogP contribution is -2.25. The number of hydrogen-bond donors (Lipinski definition) is 2. The van der Waals surface area contributed by atoms with Crippen molar-refractivity contribution in [3.8, 4) is 0 Å². The van der Waals surface area contributed by atoms with Gasteiger partial charge in [-0.2, -0.15) is 0 Å². The number of rotatable bonds is 7. The predicted molar refractivity (Wildman–Crippen MR) is 100 cm³/mol. The quantitative estimate of drug-likeness (QED) is 0.726. The summed E-state index contributed by atoms with van der Waals surface area (Å²) in [4.78, 5) is 12.9. The summed E-state index contributed by atoms with van der Waals surface area (Å²) in [5, 5.41) is 12.5. The van der Waals surface area contributed by atoms with E-state index in [1.54, 1.807) is 56.3 Å². The number of carboxylic acids is 1. The van der Waals surface area contributed by atoms with Gasteiger partial charge in [0, 0.05) is 20.5 Å². The fourth-order valence-electron chi connectivity index (χ4n) is 2.00. The van der Waals surface area contributed by atoms with Crippen molar-refractivity contribution >= 4 is 44.9 Å². The SMILES string of the molecule is CCS(=O)(=O)c1ccc(Sc2cc(Cl)ccc2N[C@H](C)C(=O)O)cc1. The zero-order valence-electron chi connectivity index (χ0n) is 13.7. The van der Waals surface area contributed by atoms with Gasteiger partial charge in [-0.3, -0.25) is 4.79 Å². The zero-order chi connectivity index (χ0) is 18.6. The van der Waals surface area contributed by atoms with Gasteiger partial charge in [0.1, 0.15) is 6.04 Å². The number of sulfone groups is 1. The van der Waals surface area contributed by atoms with Crippen molar-refractivity contribution < 1.29 is 18.3 Å². The molecule has 0 unspecified atom stereocenters. The van der Waals surface area contributed by atoms with Crippen LogP contribution in [0.25, 0.3) is 0 Å². The van der Waals surface area contributed by atoms with Crippen LogP contribution in [0.5, 0.6) is 0 Å². The van der Waals surface area contributed by atoms with Gasteiger partial charge in [0.25, 0.3) is 0 Å². The van der Waals surface area contributed by atoms with Gasteiger partial charge < -0.3 is 10.4 Å². The molecule has 2 N–H and O–H groups in total. The largest absolute Gasteiger partial charge is 0.480 e. The summed E-state index contributed by atoms with van der Waals surface area (Å²) in [5.41, 5.74) is 0.648. The molecule has 0 aliphatic rings. The van der Waals surface area contributed by atoms with Crippen LogP contribution in [0.15, 0.2) is 57.2 Å². The fraction of sp³-hybridized carbons (Fsp3) is 0.235. The first-order valence-electron chi connectivity index (χ1n) is 7.52. The van der Waals surface area contributed by atoms with E-state index in [9.17, 15) is 13.2 Å². The number of hydrogen-bond acceptors (Lipinski definition) is 5. The summed E-state index contributed by atoms with van der Waals surface area (Å²) in [6.45, 7) is 3.15. The molecule has 0 heterocycles. The predicted octanol–water partition coefficient (Wildman–Crippen LogP) is 4.17. The summed E-state index contributed by atoms with van der Waals surface area (Å²) in [7, 11) is -3.24. The number of nitrogens with one attached hydrogen (secondary N) is 1. The normalized spacial score (nSPS) is 12.6. The summed E-state index contributed by atoms with van der Waals surface area (Å²) < 4.78 is 23.7. The molecule has 2 rings (SSSR count). The molecule has 2 aromatic carbocycles. The molecule has 5 nitrogen and oxygen atoms in total. The van der Waals surface area contributed by atoms with E-state index in [0.29, 0.717) is 10.7 Å². The van der Waals surface area contributed by atoms with Gasteiger partial charge in [0.05, 0.1) is 10.6 Å². The molecule has 0 spiro atoms. The summed E-state index contributed by atoms with van der Waals surface area (Å²) in [5.74, 6) is -0.908. The highest BCUT2D eigenvalue weighted by molar-refractivity contribution is 7.99. The van der Waals surface area contributed by atoms with Gasteiger partial charge in [-0.15, -0.1) is 0 Å². The second kappa shape index (κ2) is 8.12. The fourth-order valence-corrected chi connectivity index (χ4v) is 4.07. The zero-order valence-corrected chi connectivity index (χ0v) is 16.1. The topological polar surface area (TPSA) is 83.5 Å². The molecule has 0 fully saturated rings. The molecule has 0 aliphatic heterocycles. The Labute approximate surface area is 156 Å². The molecule has 0 saturated carbocycles. The number of carbonyl (C=O) groups is 1. The van der Waals surface area contributed by atoms with Gasteiger partial charge in [0.15, 0.2) is 9.84 Å². The first kappa shape index (κ1) is 19.6. The number of halogens is 1. The summed E-state index contributed by atoms with van der Waals surface area (Å²) in [6.07, 6.45) is 0. The highest BCUT2D eigenvalue weighted by Crippen LogP contribution is 2.36. The number of aliphatic carboxylic acids is 1. The second-order valence-electron chi connectivity index (χ2n) is 5.32. The van der Waals surface area contributed by atoms with Crippen LogP contribution in [0, 0.1) is 0 Å². The molecule has 0 amide bonds. The van der Waals surface area contributed by atoms with Gasteiger partial charge in [-0.1, -0.05) is 30.3 Å². The molecule has 2 aromatic rings. The van der Waals surface area contributed by atoms with Crippen LogP contribution in [-0.4, -0.2) is 31.3 Å². The van der Waals surface area contributed by atoms with E-state index in [1.807, 2.05) is 0 Å². The molecule has 8 heteroatoms. The standard InChI is InChI=1S/C17H18ClNO4S2/c1-3-25(22,23)14-7-5-13(6-8-14)24-16-10-12(18)4-9-15(16)19-11(2)17(20)21/h4-11,19H,3H2,1-2H3,(H,20,21)/t11-/m1/s1. The molecular formula is C17H18ClNO4S2. The van der Waals surface area contributed by atoms with Crippen molar-refractivity contribution in [2.75, 3.05) is 11.1 Å². The second-order valence-corrected chi connectivity index (χ2v) is 9.15. The van der Waals surface area contributed by atoms with Gasteiger partial charge >= 0.3 is 5.97 Å². The average molecular weight is 400 g/mol. The Bertz CT molecular complexity index is 867. The Kier molecular flexibility index (Phi) is 6.37. The van der Waals surface area contributed by atoms with Crippen molar-refractivity contribution in [3.63, 3.8) is 0 Å². The average Bonchev–Trinajstić information content (AvgIpc) is 2.57. The van der Waals surface area contributed by atoms with E-state index in [0.717, 1.165) is 9.79 Å². The third kappa shape index (κ3) is 5.14. The third-order valence-electron chi connectivity index (χ3n) is 3.48. The molecule has 134 valence electrons. The lowest BCUT2D eigenvalue weighted by Gasteiger charge is -2.15. The van der Waals surface area contributed by atoms with Gasteiger partial charge in [-0.25, -0.2) is 8.42 Å². The van der Waals surface area contributed by atoms with Crippen molar-refractivity contribution in [2.24, 2.45) is 0 Å². The smallest absolute Gasteiger partial charge is 0.325 e. The van der Waals surface area contributed by atoms with Crippen LogP contribution in [0.3, 0.4) is 0 Å². The first-order valence-corrected chi connectivity index (χ1v) is 10.4. The highest BCUT2D eigenvalue weighted by Gasteiger charge is 2.15. The van der Waals surface area contributed by atoms with Crippen molar-refractivity contribution in [2.45, 2.75) is 34.6 Å². The van der Waals surface area contributed by atoms with Crippen LogP contribution < -0.4 is 5.32 Å². The Morgan fingerprint density at radius 3 is 2.44 bits per heavy atom. The molecule has 0 aromatic heterocycles. The Hall–Kier alpha value is -1.70. The minimum atomic E-state index is -3.24. The summed E-state index contributed by atoms with van der Waals surface area (Å²) in [6, 6.07) is 11.0. The summed E-state index contributed by atoms with van der Waals surface area (Å²) >= 11 is 7.42. The third-order valence-corrected chi connectivity index (χ3v) is 6.53. The van der Waals surface area contributed by atoms with Crippen LogP contribution in [0.2, 0.25) is 5.02 Å². The number of carboxylic acid groups (broad SMARTS) is 1. The Balaban J connectivity index is 2.27. The lowest BCUT2D eigenvalue weighted by molar-refractivity contribution is -0.137. The lowest BCUT2D eigenvalue weighted by atomic mass is 10.2. The van der Waals surface area contributed by atoms with E-state index in [4.69, 9.17) is 16.7 Å². The number of benzene rings is 2.